The lowest BCUT2D eigenvalue weighted by Gasteiger charge is -2.13. The van der Waals surface area contributed by atoms with Crippen LogP contribution in [0.5, 0.6) is 5.75 Å². The molecule has 0 spiro atoms. The minimum Gasteiger partial charge on any atom is -0.492 e. The molecule has 0 atom stereocenters. The van der Waals surface area contributed by atoms with Gasteiger partial charge in [0.25, 0.3) is 5.91 Å². The van der Waals surface area contributed by atoms with E-state index in [9.17, 15) is 9.59 Å². The van der Waals surface area contributed by atoms with Crippen LogP contribution in [0.25, 0.3) is 11.3 Å². The van der Waals surface area contributed by atoms with Crippen LogP contribution in [-0.4, -0.2) is 58.9 Å². The number of hydrogen-bond acceptors (Lipinski definition) is 7. The Morgan fingerprint density at radius 2 is 1.97 bits per heavy atom. The number of likely N-dealkylation sites (N-methyl/N-ethyl adjacent to an activating group) is 1. The first-order valence-electron chi connectivity index (χ1n) is 10.4. The molecule has 0 aliphatic rings. The van der Waals surface area contributed by atoms with Gasteiger partial charge in [-0.05, 0) is 57.4 Å². The second-order valence-corrected chi connectivity index (χ2v) is 7.26. The maximum absolute atomic E-state index is 12.8. The SMILES string of the molecule is CCOc1ccc(C(=O)Nc2nccc(-c3cccnc3)n2)cc1NC(=O)/C=C/CN(C)C. The molecule has 2 amide bonds. The van der Waals surface area contributed by atoms with Crippen molar-refractivity contribution < 1.29 is 14.3 Å². The van der Waals surface area contributed by atoms with E-state index in [0.717, 1.165) is 5.56 Å². The summed E-state index contributed by atoms with van der Waals surface area (Å²) in [4.78, 5) is 39.7. The second-order valence-electron chi connectivity index (χ2n) is 7.26. The van der Waals surface area contributed by atoms with E-state index in [4.69, 9.17) is 4.74 Å². The van der Waals surface area contributed by atoms with Crippen LogP contribution in [0.1, 0.15) is 17.3 Å². The lowest BCUT2D eigenvalue weighted by molar-refractivity contribution is -0.111. The van der Waals surface area contributed by atoms with Crippen LogP contribution < -0.4 is 15.4 Å². The average Bonchev–Trinajstić information content (AvgIpc) is 2.81. The van der Waals surface area contributed by atoms with E-state index >= 15 is 0 Å². The van der Waals surface area contributed by atoms with Gasteiger partial charge in [-0.3, -0.25) is 19.9 Å². The first-order valence-corrected chi connectivity index (χ1v) is 10.4. The van der Waals surface area contributed by atoms with Crippen LogP contribution in [0.2, 0.25) is 0 Å². The summed E-state index contributed by atoms with van der Waals surface area (Å²) in [5, 5.41) is 5.46. The van der Waals surface area contributed by atoms with Crippen molar-refractivity contribution in [2.24, 2.45) is 0 Å². The van der Waals surface area contributed by atoms with Crippen molar-refractivity contribution >= 4 is 23.5 Å². The fourth-order valence-electron chi connectivity index (χ4n) is 2.86. The number of nitrogens with one attached hydrogen (secondary N) is 2. The van der Waals surface area contributed by atoms with Crippen LogP contribution >= 0.6 is 0 Å². The fourth-order valence-corrected chi connectivity index (χ4v) is 2.86. The van der Waals surface area contributed by atoms with Gasteiger partial charge in [0.1, 0.15) is 5.75 Å². The molecular formula is C24H26N6O3. The van der Waals surface area contributed by atoms with Crippen LogP contribution in [0, 0.1) is 0 Å². The number of carbonyl (C=O) groups excluding carboxylic acids is 2. The van der Waals surface area contributed by atoms with Gasteiger partial charge in [0.05, 0.1) is 18.0 Å². The zero-order valence-corrected chi connectivity index (χ0v) is 18.8. The van der Waals surface area contributed by atoms with E-state index in [1.165, 1.54) is 6.08 Å². The zero-order valence-electron chi connectivity index (χ0n) is 18.8. The van der Waals surface area contributed by atoms with E-state index in [0.29, 0.717) is 35.8 Å². The van der Waals surface area contributed by atoms with Crippen LogP contribution in [0.15, 0.2) is 67.1 Å². The smallest absolute Gasteiger partial charge is 0.258 e. The number of amides is 2. The third kappa shape index (κ3) is 6.94. The molecule has 1 aromatic carbocycles. The molecule has 0 aliphatic heterocycles. The first kappa shape index (κ1) is 23.6. The predicted octanol–water partition coefficient (Wildman–Crippen LogP) is 3.25. The maximum Gasteiger partial charge on any atom is 0.258 e. The number of rotatable bonds is 9. The summed E-state index contributed by atoms with van der Waals surface area (Å²) in [7, 11) is 3.82. The van der Waals surface area contributed by atoms with Crippen LogP contribution in [-0.2, 0) is 4.79 Å². The first-order chi connectivity index (χ1) is 16.0. The number of anilines is 2. The number of pyridine rings is 1. The Labute approximate surface area is 192 Å². The Bertz CT molecular complexity index is 1130. The van der Waals surface area contributed by atoms with E-state index in [1.54, 1.807) is 55.0 Å². The van der Waals surface area contributed by atoms with Gasteiger partial charge in [0.15, 0.2) is 0 Å². The lowest BCUT2D eigenvalue weighted by atomic mass is 10.1. The Kier molecular flexibility index (Phi) is 8.20. The van der Waals surface area contributed by atoms with E-state index in [1.807, 2.05) is 32.0 Å². The quantitative estimate of drug-likeness (QED) is 0.486. The third-order valence-corrected chi connectivity index (χ3v) is 4.38. The summed E-state index contributed by atoms with van der Waals surface area (Å²) in [6, 6.07) is 10.2. The summed E-state index contributed by atoms with van der Waals surface area (Å²) < 4.78 is 5.59. The highest BCUT2D eigenvalue weighted by Gasteiger charge is 2.14. The second kappa shape index (κ2) is 11.5. The molecule has 2 heterocycles. The van der Waals surface area contributed by atoms with Gasteiger partial charge in [-0.15, -0.1) is 0 Å². The maximum atomic E-state index is 12.8. The molecule has 2 N–H and O–H groups in total. The molecule has 0 fully saturated rings. The normalized spacial score (nSPS) is 10.9. The van der Waals surface area contributed by atoms with Gasteiger partial charge in [0, 0.05) is 42.3 Å². The Morgan fingerprint density at radius 1 is 1.12 bits per heavy atom. The molecule has 0 unspecified atom stereocenters. The van der Waals surface area contributed by atoms with Crippen molar-refractivity contribution in [3.8, 4) is 17.0 Å². The molecule has 0 saturated heterocycles. The predicted molar refractivity (Wildman–Crippen MR) is 127 cm³/mol. The number of carbonyl (C=O) groups is 2. The van der Waals surface area contributed by atoms with Crippen molar-refractivity contribution in [2.75, 3.05) is 37.9 Å². The van der Waals surface area contributed by atoms with Gasteiger partial charge in [0.2, 0.25) is 11.9 Å². The van der Waals surface area contributed by atoms with E-state index in [2.05, 4.69) is 25.6 Å². The highest BCUT2D eigenvalue weighted by Crippen LogP contribution is 2.26. The third-order valence-electron chi connectivity index (χ3n) is 4.38. The molecule has 9 nitrogen and oxygen atoms in total. The summed E-state index contributed by atoms with van der Waals surface area (Å²) in [5.41, 5.74) is 2.16. The largest absolute Gasteiger partial charge is 0.492 e. The molecule has 3 aromatic rings. The van der Waals surface area contributed by atoms with Gasteiger partial charge >= 0.3 is 0 Å². The average molecular weight is 447 g/mol. The van der Waals surface area contributed by atoms with E-state index in [-0.39, 0.29) is 11.9 Å². The monoisotopic (exact) mass is 446 g/mol. The van der Waals surface area contributed by atoms with Gasteiger partial charge < -0.3 is 15.0 Å². The molecule has 9 heteroatoms. The topological polar surface area (TPSA) is 109 Å². The Balaban J connectivity index is 1.77. The van der Waals surface area contributed by atoms with Crippen molar-refractivity contribution in [1.82, 2.24) is 19.9 Å². The fraction of sp³-hybridized carbons (Fsp3) is 0.208. The molecular weight excluding hydrogens is 420 g/mol. The van der Waals surface area contributed by atoms with Gasteiger partial charge in [-0.25, -0.2) is 9.97 Å². The standard InChI is InChI=1S/C24H26N6O3/c1-4-33-21-10-9-17(15-20(21)27-22(31)8-6-14-30(2)3)23(32)29-24-26-13-11-19(28-24)18-7-5-12-25-16-18/h5-13,15-16H,4,14H2,1-3H3,(H,27,31)(H,26,28,29,32)/b8-6+. The van der Waals surface area contributed by atoms with Crippen molar-refractivity contribution in [2.45, 2.75) is 6.92 Å². The minimum absolute atomic E-state index is 0.160. The van der Waals surface area contributed by atoms with Crippen LogP contribution in [0.4, 0.5) is 11.6 Å². The molecule has 0 aliphatic carbocycles. The van der Waals surface area contributed by atoms with Crippen molar-refractivity contribution in [3.05, 3.63) is 72.7 Å². The lowest BCUT2D eigenvalue weighted by Crippen LogP contribution is -2.16. The van der Waals surface area contributed by atoms with Gasteiger partial charge in [-0.2, -0.15) is 0 Å². The summed E-state index contributed by atoms with van der Waals surface area (Å²) in [5.74, 6) is -0.103. The molecule has 0 saturated carbocycles. The molecule has 3 rings (SSSR count). The number of hydrogen-bond donors (Lipinski definition) is 2. The molecule has 0 bridgehead atoms. The summed E-state index contributed by atoms with van der Waals surface area (Å²) in [6.07, 6.45) is 8.12. The molecule has 170 valence electrons. The molecule has 33 heavy (non-hydrogen) atoms. The zero-order chi connectivity index (χ0) is 23.6. The molecule has 2 aromatic heterocycles. The minimum atomic E-state index is -0.417. The number of ether oxygens (including phenoxy) is 1. The van der Waals surface area contributed by atoms with Crippen LogP contribution in [0.3, 0.4) is 0 Å². The van der Waals surface area contributed by atoms with Crippen molar-refractivity contribution in [3.63, 3.8) is 0 Å². The molecule has 0 radical (unpaired) electrons. The van der Waals surface area contributed by atoms with E-state index < -0.39 is 5.91 Å². The Morgan fingerprint density at radius 3 is 2.70 bits per heavy atom. The highest BCUT2D eigenvalue weighted by molar-refractivity contribution is 6.06. The number of benzene rings is 1. The summed E-state index contributed by atoms with van der Waals surface area (Å²) >= 11 is 0. The van der Waals surface area contributed by atoms with Gasteiger partial charge in [-0.1, -0.05) is 6.08 Å². The van der Waals surface area contributed by atoms with Crippen molar-refractivity contribution in [1.29, 1.82) is 0 Å². The summed E-state index contributed by atoms with van der Waals surface area (Å²) in [6.45, 7) is 2.89. The highest BCUT2D eigenvalue weighted by atomic mass is 16.5. The number of nitrogens with zero attached hydrogens (tertiary/aromatic N) is 4. The Hall–Kier alpha value is -4.11. The number of aromatic nitrogens is 3.